The lowest BCUT2D eigenvalue weighted by Gasteiger charge is -2.38. The first-order valence-corrected chi connectivity index (χ1v) is 7.54. The molecule has 1 heterocycles. The molecule has 0 saturated carbocycles. The molecule has 0 amide bonds. The molecular weight excluding hydrogens is 224 g/mol. The van der Waals surface area contributed by atoms with Crippen molar-refractivity contribution in [3.05, 3.63) is 0 Å². The van der Waals surface area contributed by atoms with Crippen molar-refractivity contribution in [2.75, 3.05) is 33.4 Å². The van der Waals surface area contributed by atoms with Crippen LogP contribution in [0.15, 0.2) is 0 Å². The van der Waals surface area contributed by atoms with Gasteiger partial charge in [0.2, 0.25) is 0 Å². The summed E-state index contributed by atoms with van der Waals surface area (Å²) >= 11 is 0. The van der Waals surface area contributed by atoms with Crippen molar-refractivity contribution in [1.82, 2.24) is 10.2 Å². The summed E-state index contributed by atoms with van der Waals surface area (Å²) in [5, 5.41) is 3.63. The Morgan fingerprint density at radius 2 is 2.00 bits per heavy atom. The lowest BCUT2D eigenvalue weighted by atomic mass is 9.81. The van der Waals surface area contributed by atoms with Gasteiger partial charge >= 0.3 is 0 Å². The molecule has 0 aromatic heterocycles. The molecule has 0 aromatic carbocycles. The summed E-state index contributed by atoms with van der Waals surface area (Å²) in [6.07, 6.45) is 3.67. The first-order valence-electron chi connectivity index (χ1n) is 7.54. The number of hydrogen-bond donors (Lipinski definition) is 1. The SMILES string of the molecule is CCC(CC)(CNC(C)C)CN(C)C1CCOC1. The molecule has 1 fully saturated rings. The first kappa shape index (κ1) is 15.9. The van der Waals surface area contributed by atoms with Gasteiger partial charge in [0.25, 0.3) is 0 Å². The zero-order chi connectivity index (χ0) is 13.6. The van der Waals surface area contributed by atoms with Crippen molar-refractivity contribution >= 4 is 0 Å². The molecule has 0 radical (unpaired) electrons. The number of hydrogen-bond acceptors (Lipinski definition) is 3. The Morgan fingerprint density at radius 3 is 2.44 bits per heavy atom. The van der Waals surface area contributed by atoms with Crippen molar-refractivity contribution in [3.63, 3.8) is 0 Å². The average molecular weight is 256 g/mol. The molecule has 1 aliphatic rings. The number of nitrogens with one attached hydrogen (secondary N) is 1. The minimum Gasteiger partial charge on any atom is -0.380 e. The van der Waals surface area contributed by atoms with Gasteiger partial charge in [0.15, 0.2) is 0 Å². The monoisotopic (exact) mass is 256 g/mol. The predicted molar refractivity (Wildman–Crippen MR) is 78.0 cm³/mol. The van der Waals surface area contributed by atoms with Crippen LogP contribution in [0.25, 0.3) is 0 Å². The summed E-state index contributed by atoms with van der Waals surface area (Å²) in [5.41, 5.74) is 0.404. The van der Waals surface area contributed by atoms with Crippen LogP contribution in [0.4, 0.5) is 0 Å². The Labute approximate surface area is 113 Å². The molecule has 108 valence electrons. The summed E-state index contributed by atoms with van der Waals surface area (Å²) < 4.78 is 5.50. The molecule has 1 atom stereocenters. The molecule has 0 spiro atoms. The van der Waals surface area contributed by atoms with Crippen LogP contribution in [0, 0.1) is 5.41 Å². The summed E-state index contributed by atoms with van der Waals surface area (Å²) in [6.45, 7) is 13.2. The maximum Gasteiger partial charge on any atom is 0.0622 e. The van der Waals surface area contributed by atoms with E-state index in [0.29, 0.717) is 17.5 Å². The van der Waals surface area contributed by atoms with Gasteiger partial charge in [-0.05, 0) is 31.7 Å². The van der Waals surface area contributed by atoms with E-state index >= 15 is 0 Å². The Hall–Kier alpha value is -0.120. The molecule has 0 aliphatic carbocycles. The Bertz CT molecular complexity index is 221. The van der Waals surface area contributed by atoms with Crippen molar-refractivity contribution in [2.45, 2.75) is 59.0 Å². The van der Waals surface area contributed by atoms with Crippen LogP contribution in [-0.2, 0) is 4.74 Å². The van der Waals surface area contributed by atoms with E-state index in [9.17, 15) is 0 Å². The lowest BCUT2D eigenvalue weighted by Crippen LogP contribution is -2.47. The number of ether oxygens (including phenoxy) is 1. The summed E-state index contributed by atoms with van der Waals surface area (Å²) in [5.74, 6) is 0. The van der Waals surface area contributed by atoms with Crippen LogP contribution in [-0.4, -0.2) is 50.3 Å². The number of rotatable bonds is 8. The van der Waals surface area contributed by atoms with Crippen LogP contribution in [0.3, 0.4) is 0 Å². The molecule has 1 aliphatic heterocycles. The van der Waals surface area contributed by atoms with Gasteiger partial charge in [0.1, 0.15) is 0 Å². The van der Waals surface area contributed by atoms with E-state index in [1.807, 2.05) is 0 Å². The van der Waals surface area contributed by atoms with Crippen LogP contribution < -0.4 is 5.32 Å². The van der Waals surface area contributed by atoms with Gasteiger partial charge in [-0.25, -0.2) is 0 Å². The van der Waals surface area contributed by atoms with E-state index in [-0.39, 0.29) is 0 Å². The fraction of sp³-hybridized carbons (Fsp3) is 1.00. The van der Waals surface area contributed by atoms with Crippen molar-refractivity contribution in [3.8, 4) is 0 Å². The van der Waals surface area contributed by atoms with E-state index in [4.69, 9.17) is 4.74 Å². The van der Waals surface area contributed by atoms with Gasteiger partial charge in [-0.1, -0.05) is 27.7 Å². The normalized spacial score (nSPS) is 21.2. The molecule has 3 heteroatoms. The number of likely N-dealkylation sites (N-methyl/N-ethyl adjacent to an activating group) is 1. The highest BCUT2D eigenvalue weighted by Gasteiger charge is 2.31. The molecule has 3 nitrogen and oxygen atoms in total. The lowest BCUT2D eigenvalue weighted by molar-refractivity contribution is 0.105. The molecule has 1 unspecified atom stereocenters. The Balaban J connectivity index is 2.53. The molecular formula is C15H32N2O. The van der Waals surface area contributed by atoms with E-state index in [2.05, 4.69) is 45.0 Å². The van der Waals surface area contributed by atoms with Crippen LogP contribution in [0.1, 0.15) is 47.0 Å². The smallest absolute Gasteiger partial charge is 0.0622 e. The minimum absolute atomic E-state index is 0.404. The van der Waals surface area contributed by atoms with Gasteiger partial charge in [0.05, 0.1) is 6.61 Å². The largest absolute Gasteiger partial charge is 0.380 e. The highest BCUT2D eigenvalue weighted by Crippen LogP contribution is 2.28. The van der Waals surface area contributed by atoms with Gasteiger partial charge in [-0.2, -0.15) is 0 Å². The minimum atomic E-state index is 0.404. The first-order chi connectivity index (χ1) is 8.53. The number of nitrogens with zero attached hydrogens (tertiary/aromatic N) is 1. The van der Waals surface area contributed by atoms with E-state index < -0.39 is 0 Å². The van der Waals surface area contributed by atoms with E-state index in [0.717, 1.165) is 19.8 Å². The second-order valence-corrected chi connectivity index (χ2v) is 6.18. The van der Waals surface area contributed by atoms with Crippen molar-refractivity contribution in [1.29, 1.82) is 0 Å². The molecule has 1 N–H and O–H groups in total. The zero-order valence-electron chi connectivity index (χ0n) is 13.0. The van der Waals surface area contributed by atoms with Gasteiger partial charge < -0.3 is 15.0 Å². The standard InChI is InChI=1S/C15H32N2O/c1-6-15(7-2,11-16-13(3)4)12-17(5)14-8-9-18-10-14/h13-14,16H,6-12H2,1-5H3. The van der Waals surface area contributed by atoms with E-state index in [1.54, 1.807) is 0 Å². The van der Waals surface area contributed by atoms with Crippen LogP contribution in [0.2, 0.25) is 0 Å². The molecule has 0 aromatic rings. The third kappa shape index (κ3) is 4.52. The topological polar surface area (TPSA) is 24.5 Å². The zero-order valence-corrected chi connectivity index (χ0v) is 13.0. The highest BCUT2D eigenvalue weighted by atomic mass is 16.5. The van der Waals surface area contributed by atoms with Crippen molar-refractivity contribution < 1.29 is 4.74 Å². The van der Waals surface area contributed by atoms with Crippen LogP contribution in [0.5, 0.6) is 0 Å². The quantitative estimate of drug-likeness (QED) is 0.722. The van der Waals surface area contributed by atoms with Gasteiger partial charge in [-0.15, -0.1) is 0 Å². The van der Waals surface area contributed by atoms with Gasteiger partial charge in [0, 0.05) is 31.8 Å². The van der Waals surface area contributed by atoms with E-state index in [1.165, 1.54) is 25.8 Å². The molecule has 1 rings (SSSR count). The van der Waals surface area contributed by atoms with Gasteiger partial charge in [-0.3, -0.25) is 0 Å². The highest BCUT2D eigenvalue weighted by molar-refractivity contribution is 4.85. The third-order valence-corrected chi connectivity index (χ3v) is 4.50. The second kappa shape index (κ2) is 7.46. The Morgan fingerprint density at radius 1 is 1.33 bits per heavy atom. The molecule has 1 saturated heterocycles. The third-order valence-electron chi connectivity index (χ3n) is 4.50. The van der Waals surface area contributed by atoms with Crippen molar-refractivity contribution in [2.24, 2.45) is 5.41 Å². The fourth-order valence-electron chi connectivity index (χ4n) is 2.73. The molecule has 0 bridgehead atoms. The maximum atomic E-state index is 5.50. The summed E-state index contributed by atoms with van der Waals surface area (Å²) in [6, 6.07) is 1.20. The summed E-state index contributed by atoms with van der Waals surface area (Å²) in [7, 11) is 2.26. The average Bonchev–Trinajstić information content (AvgIpc) is 2.88. The van der Waals surface area contributed by atoms with Crippen LogP contribution >= 0.6 is 0 Å². The molecule has 18 heavy (non-hydrogen) atoms. The summed E-state index contributed by atoms with van der Waals surface area (Å²) in [4.78, 5) is 2.52. The second-order valence-electron chi connectivity index (χ2n) is 6.18. The maximum absolute atomic E-state index is 5.50. The Kier molecular flexibility index (Phi) is 6.61. The predicted octanol–water partition coefficient (Wildman–Crippen LogP) is 2.51. The fourth-order valence-corrected chi connectivity index (χ4v) is 2.73.